The van der Waals surface area contributed by atoms with E-state index < -0.39 is 0 Å². The van der Waals surface area contributed by atoms with Gasteiger partial charge < -0.3 is 15.4 Å². The highest BCUT2D eigenvalue weighted by molar-refractivity contribution is 5.68. The van der Waals surface area contributed by atoms with Gasteiger partial charge in [0.25, 0.3) is 0 Å². The molecule has 1 amide bonds. The zero-order chi connectivity index (χ0) is 12.6. The van der Waals surface area contributed by atoms with Crippen LogP contribution in [0.4, 0.5) is 4.79 Å². The normalized spacial score (nSPS) is 24.3. The molecule has 2 N–H and O–H groups in total. The molecule has 4 heteroatoms. The first-order valence-electron chi connectivity index (χ1n) is 6.41. The minimum atomic E-state index is -0.238. The van der Waals surface area contributed by atoms with Crippen molar-refractivity contribution in [3.63, 3.8) is 0 Å². The molecule has 0 bridgehead atoms. The number of hydrogen-bond acceptors (Lipinski definition) is 3. The highest BCUT2D eigenvalue weighted by atomic mass is 16.6. The van der Waals surface area contributed by atoms with Gasteiger partial charge in [-0.3, -0.25) is 0 Å². The summed E-state index contributed by atoms with van der Waals surface area (Å²) in [5.74, 6) is 0. The van der Waals surface area contributed by atoms with Gasteiger partial charge in [0.05, 0.1) is 0 Å². The highest BCUT2D eigenvalue weighted by Crippen LogP contribution is 2.52. The van der Waals surface area contributed by atoms with Crippen LogP contribution in [-0.2, 0) is 11.3 Å². The number of likely N-dealkylation sites (tertiary alicyclic amines) is 1. The van der Waals surface area contributed by atoms with Gasteiger partial charge in [-0.05, 0) is 18.4 Å². The fourth-order valence-corrected chi connectivity index (χ4v) is 2.63. The van der Waals surface area contributed by atoms with Gasteiger partial charge in [-0.15, -0.1) is 0 Å². The summed E-state index contributed by atoms with van der Waals surface area (Å²) in [5.41, 5.74) is 7.28. The second kappa shape index (κ2) is 4.28. The number of benzene rings is 1. The summed E-state index contributed by atoms with van der Waals surface area (Å²) < 4.78 is 5.31. The smallest absolute Gasteiger partial charge is 0.410 e. The van der Waals surface area contributed by atoms with Gasteiger partial charge in [0, 0.05) is 24.5 Å². The van der Waals surface area contributed by atoms with Crippen molar-refractivity contribution < 1.29 is 9.53 Å². The monoisotopic (exact) mass is 246 g/mol. The Morgan fingerprint density at radius 2 is 2.11 bits per heavy atom. The first-order chi connectivity index (χ1) is 8.70. The molecule has 1 spiro atoms. The predicted molar refractivity (Wildman–Crippen MR) is 67.8 cm³/mol. The maximum Gasteiger partial charge on any atom is 0.410 e. The van der Waals surface area contributed by atoms with Crippen LogP contribution in [-0.4, -0.2) is 30.1 Å². The van der Waals surface area contributed by atoms with Crippen LogP contribution in [0.1, 0.15) is 18.4 Å². The Morgan fingerprint density at radius 3 is 2.72 bits per heavy atom. The summed E-state index contributed by atoms with van der Waals surface area (Å²) in [6.07, 6.45) is 2.06. The fourth-order valence-electron chi connectivity index (χ4n) is 2.63. The van der Waals surface area contributed by atoms with Crippen LogP contribution in [0.25, 0.3) is 0 Å². The van der Waals surface area contributed by atoms with Gasteiger partial charge in [-0.1, -0.05) is 30.3 Å². The van der Waals surface area contributed by atoms with E-state index in [4.69, 9.17) is 10.5 Å². The number of ether oxygens (including phenoxy) is 1. The minimum Gasteiger partial charge on any atom is -0.445 e. The molecule has 2 aliphatic rings. The van der Waals surface area contributed by atoms with Gasteiger partial charge in [0.1, 0.15) is 6.61 Å². The zero-order valence-corrected chi connectivity index (χ0v) is 10.3. The largest absolute Gasteiger partial charge is 0.445 e. The Morgan fingerprint density at radius 1 is 1.39 bits per heavy atom. The third-order valence-corrected chi connectivity index (χ3v) is 4.06. The maximum absolute atomic E-state index is 11.9. The minimum absolute atomic E-state index is 0.127. The standard InChI is InChI=1S/C14H18N2O2/c15-12-8-16(10-14(12)6-7-14)13(17)18-9-11-4-2-1-3-5-11/h1-5,12H,6-10,15H2. The number of nitrogens with zero attached hydrogens (tertiary/aromatic N) is 1. The summed E-state index contributed by atoms with van der Waals surface area (Å²) in [4.78, 5) is 13.7. The van der Waals surface area contributed by atoms with E-state index in [2.05, 4.69) is 0 Å². The Hall–Kier alpha value is -1.55. The second-order valence-electron chi connectivity index (χ2n) is 5.39. The van der Waals surface area contributed by atoms with Crippen LogP contribution in [0.3, 0.4) is 0 Å². The lowest BCUT2D eigenvalue weighted by Crippen LogP contribution is -2.32. The summed E-state index contributed by atoms with van der Waals surface area (Å²) in [6.45, 7) is 1.73. The molecule has 1 saturated heterocycles. The second-order valence-corrected chi connectivity index (χ2v) is 5.39. The SMILES string of the molecule is NC1CN(C(=O)OCc2ccccc2)CC12CC2. The summed E-state index contributed by atoms with van der Waals surface area (Å²) >= 11 is 0. The van der Waals surface area contributed by atoms with Crippen LogP contribution >= 0.6 is 0 Å². The maximum atomic E-state index is 11.9. The Bertz CT molecular complexity index is 442. The molecule has 96 valence electrons. The summed E-state index contributed by atoms with van der Waals surface area (Å²) in [6, 6.07) is 9.85. The van der Waals surface area contributed by atoms with E-state index in [1.807, 2.05) is 30.3 Å². The molecule has 1 aliphatic carbocycles. The lowest BCUT2D eigenvalue weighted by atomic mass is 10.0. The highest BCUT2D eigenvalue weighted by Gasteiger charge is 2.54. The molecule has 1 aromatic rings. The van der Waals surface area contributed by atoms with Gasteiger partial charge in [-0.25, -0.2) is 4.79 Å². The average Bonchev–Trinajstić information content (AvgIpc) is 3.09. The number of rotatable bonds is 2. The molecule has 18 heavy (non-hydrogen) atoms. The number of hydrogen-bond donors (Lipinski definition) is 1. The van der Waals surface area contributed by atoms with Crippen molar-refractivity contribution in [1.82, 2.24) is 4.90 Å². The number of carbonyl (C=O) groups is 1. The van der Waals surface area contributed by atoms with Crippen molar-refractivity contribution in [3.05, 3.63) is 35.9 Å². The van der Waals surface area contributed by atoms with E-state index in [0.29, 0.717) is 13.2 Å². The zero-order valence-electron chi connectivity index (χ0n) is 10.3. The quantitative estimate of drug-likeness (QED) is 0.865. The molecular formula is C14H18N2O2. The third kappa shape index (κ3) is 2.08. The Labute approximate surface area is 107 Å². The van der Waals surface area contributed by atoms with Gasteiger partial charge in [0.2, 0.25) is 0 Å². The van der Waals surface area contributed by atoms with Gasteiger partial charge >= 0.3 is 6.09 Å². The number of nitrogens with two attached hydrogens (primary N) is 1. The van der Waals surface area contributed by atoms with E-state index in [1.165, 1.54) is 0 Å². The summed E-state index contributed by atoms with van der Waals surface area (Å²) in [5, 5.41) is 0. The van der Waals surface area contributed by atoms with E-state index in [9.17, 15) is 4.79 Å². The first-order valence-corrected chi connectivity index (χ1v) is 6.41. The Balaban J connectivity index is 1.53. The van der Waals surface area contributed by atoms with Crippen LogP contribution in [0.2, 0.25) is 0 Å². The van der Waals surface area contributed by atoms with E-state index in [1.54, 1.807) is 4.90 Å². The van der Waals surface area contributed by atoms with Crippen LogP contribution in [0.15, 0.2) is 30.3 Å². The van der Waals surface area contributed by atoms with Gasteiger partial charge in [-0.2, -0.15) is 0 Å². The molecular weight excluding hydrogens is 228 g/mol. The lowest BCUT2D eigenvalue weighted by Gasteiger charge is -2.15. The molecule has 1 atom stereocenters. The molecule has 1 heterocycles. The van der Waals surface area contributed by atoms with Crippen molar-refractivity contribution in [1.29, 1.82) is 0 Å². The molecule has 1 unspecified atom stereocenters. The van der Waals surface area contributed by atoms with E-state index >= 15 is 0 Å². The molecule has 1 aromatic carbocycles. The Kier molecular flexibility index (Phi) is 2.74. The number of amides is 1. The van der Waals surface area contributed by atoms with Crippen molar-refractivity contribution >= 4 is 6.09 Å². The first kappa shape index (κ1) is 11.5. The third-order valence-electron chi connectivity index (χ3n) is 4.06. The van der Waals surface area contributed by atoms with Crippen LogP contribution in [0, 0.1) is 5.41 Å². The van der Waals surface area contributed by atoms with Crippen molar-refractivity contribution in [2.75, 3.05) is 13.1 Å². The molecule has 1 saturated carbocycles. The number of carbonyl (C=O) groups excluding carboxylic acids is 1. The lowest BCUT2D eigenvalue weighted by molar-refractivity contribution is 0.102. The van der Waals surface area contributed by atoms with Crippen LogP contribution < -0.4 is 5.73 Å². The molecule has 3 rings (SSSR count). The van der Waals surface area contributed by atoms with E-state index in [0.717, 1.165) is 24.9 Å². The molecule has 4 nitrogen and oxygen atoms in total. The summed E-state index contributed by atoms with van der Waals surface area (Å²) in [7, 11) is 0. The van der Waals surface area contributed by atoms with Crippen LogP contribution in [0.5, 0.6) is 0 Å². The van der Waals surface area contributed by atoms with E-state index in [-0.39, 0.29) is 17.6 Å². The predicted octanol–water partition coefficient (Wildman–Crippen LogP) is 1.75. The van der Waals surface area contributed by atoms with Crippen molar-refractivity contribution in [3.8, 4) is 0 Å². The molecule has 0 radical (unpaired) electrons. The van der Waals surface area contributed by atoms with Gasteiger partial charge in [0.15, 0.2) is 0 Å². The van der Waals surface area contributed by atoms with Crippen molar-refractivity contribution in [2.24, 2.45) is 11.1 Å². The van der Waals surface area contributed by atoms with Crippen molar-refractivity contribution in [2.45, 2.75) is 25.5 Å². The fraction of sp³-hybridized carbons (Fsp3) is 0.500. The molecule has 1 aliphatic heterocycles. The molecule has 2 fully saturated rings. The molecule has 0 aromatic heterocycles. The topological polar surface area (TPSA) is 55.6 Å². The average molecular weight is 246 g/mol.